The van der Waals surface area contributed by atoms with Gasteiger partial charge in [0.2, 0.25) is 10.0 Å². The molecule has 8 nitrogen and oxygen atoms in total. The highest BCUT2D eigenvalue weighted by atomic mass is 35.5. The Morgan fingerprint density at radius 3 is 2.36 bits per heavy atom. The standard InChI is InChI=1S/C17H24ClN3O5S2/c1-19(2)21(14-9-11-27(23,24)12-14)17(22)16-4-3-10-20(16)28(25,26)15-7-5-13(18)6-8-15/h5-8,14,16H,3-4,9-12H2,1-2H3. The molecule has 2 unspecified atom stereocenters. The minimum atomic E-state index is -3.86. The van der Waals surface area contributed by atoms with E-state index in [9.17, 15) is 21.6 Å². The highest BCUT2D eigenvalue weighted by Crippen LogP contribution is 2.30. The molecular formula is C17H24ClN3O5S2. The molecule has 0 aliphatic carbocycles. The van der Waals surface area contributed by atoms with Crippen LogP contribution in [0.25, 0.3) is 0 Å². The first-order chi connectivity index (χ1) is 13.0. The second-order valence-corrected chi connectivity index (χ2v) is 11.9. The van der Waals surface area contributed by atoms with Gasteiger partial charge in [-0.05, 0) is 43.5 Å². The first-order valence-corrected chi connectivity index (χ1v) is 12.6. The Kier molecular flexibility index (Phi) is 6.07. The normalized spacial score (nSPS) is 25.3. The summed E-state index contributed by atoms with van der Waals surface area (Å²) in [4.78, 5) is 13.4. The Morgan fingerprint density at radius 2 is 1.82 bits per heavy atom. The molecule has 0 radical (unpaired) electrons. The summed E-state index contributed by atoms with van der Waals surface area (Å²) >= 11 is 5.85. The molecule has 0 N–H and O–H groups in total. The Labute approximate surface area is 171 Å². The highest BCUT2D eigenvalue weighted by molar-refractivity contribution is 7.91. The van der Waals surface area contributed by atoms with E-state index in [1.54, 1.807) is 19.1 Å². The number of hydrogen-bond acceptors (Lipinski definition) is 6. The second-order valence-electron chi connectivity index (χ2n) is 7.31. The first-order valence-electron chi connectivity index (χ1n) is 9.01. The van der Waals surface area contributed by atoms with E-state index in [1.165, 1.54) is 33.6 Å². The number of hydrogen-bond donors (Lipinski definition) is 0. The lowest BCUT2D eigenvalue weighted by atomic mass is 10.1. The van der Waals surface area contributed by atoms with Gasteiger partial charge in [0.15, 0.2) is 9.84 Å². The average molecular weight is 450 g/mol. The van der Waals surface area contributed by atoms with Crippen LogP contribution in [0, 0.1) is 0 Å². The quantitative estimate of drug-likeness (QED) is 0.622. The fraction of sp³-hybridized carbons (Fsp3) is 0.588. The van der Waals surface area contributed by atoms with E-state index in [2.05, 4.69) is 0 Å². The number of nitrogens with zero attached hydrogens (tertiary/aromatic N) is 3. The van der Waals surface area contributed by atoms with Crippen LogP contribution in [-0.2, 0) is 24.7 Å². The third kappa shape index (κ3) is 4.20. The zero-order valence-electron chi connectivity index (χ0n) is 15.8. The molecule has 11 heteroatoms. The number of rotatable bonds is 5. The summed E-state index contributed by atoms with van der Waals surface area (Å²) in [7, 11) is -3.72. The summed E-state index contributed by atoms with van der Waals surface area (Å²) in [6.07, 6.45) is 1.31. The zero-order chi connectivity index (χ0) is 20.7. The van der Waals surface area contributed by atoms with Gasteiger partial charge in [0.25, 0.3) is 5.91 Å². The maximum Gasteiger partial charge on any atom is 0.255 e. The van der Waals surface area contributed by atoms with Gasteiger partial charge in [-0.2, -0.15) is 4.31 Å². The third-order valence-corrected chi connectivity index (χ3v) is 9.04. The van der Waals surface area contributed by atoms with Crippen LogP contribution in [-0.4, -0.2) is 81.3 Å². The predicted molar refractivity (Wildman–Crippen MR) is 106 cm³/mol. The number of carbonyl (C=O) groups excluding carboxylic acids is 1. The lowest BCUT2D eigenvalue weighted by Gasteiger charge is -2.37. The van der Waals surface area contributed by atoms with Gasteiger partial charge in [0.05, 0.1) is 22.4 Å². The summed E-state index contributed by atoms with van der Waals surface area (Å²) in [5.41, 5.74) is 0. The van der Waals surface area contributed by atoms with Crippen LogP contribution in [0.15, 0.2) is 29.2 Å². The third-order valence-electron chi connectivity index (χ3n) is 5.12. The van der Waals surface area contributed by atoms with E-state index in [-0.39, 0.29) is 28.9 Å². The van der Waals surface area contributed by atoms with Crippen LogP contribution in [0.4, 0.5) is 0 Å². The number of sulfonamides is 1. The SMILES string of the molecule is CN(C)N(C(=O)C1CCCN1S(=O)(=O)c1ccc(Cl)cc1)C1CCS(=O)(=O)C1. The minimum Gasteiger partial charge on any atom is -0.272 e. The smallest absolute Gasteiger partial charge is 0.255 e. The molecule has 2 fully saturated rings. The minimum absolute atomic E-state index is 0.0345. The number of hydrazine groups is 1. The van der Waals surface area contributed by atoms with Gasteiger partial charge in [0.1, 0.15) is 6.04 Å². The number of amides is 1. The van der Waals surface area contributed by atoms with E-state index in [0.29, 0.717) is 24.3 Å². The van der Waals surface area contributed by atoms with Gasteiger partial charge < -0.3 is 0 Å². The van der Waals surface area contributed by atoms with Crippen molar-refractivity contribution in [2.45, 2.75) is 36.2 Å². The zero-order valence-corrected chi connectivity index (χ0v) is 18.2. The molecule has 1 aromatic carbocycles. The van der Waals surface area contributed by atoms with Crippen LogP contribution < -0.4 is 0 Å². The highest BCUT2D eigenvalue weighted by Gasteiger charge is 2.45. The number of carbonyl (C=O) groups is 1. The van der Waals surface area contributed by atoms with Crippen molar-refractivity contribution in [1.29, 1.82) is 0 Å². The molecule has 2 aliphatic rings. The average Bonchev–Trinajstić information content (AvgIpc) is 3.22. The van der Waals surface area contributed by atoms with Gasteiger partial charge >= 0.3 is 0 Å². The largest absolute Gasteiger partial charge is 0.272 e. The van der Waals surface area contributed by atoms with Crippen molar-refractivity contribution in [2.75, 3.05) is 32.1 Å². The summed E-state index contributed by atoms with van der Waals surface area (Å²) in [5.74, 6) is -0.456. The molecule has 2 saturated heterocycles. The van der Waals surface area contributed by atoms with Crippen LogP contribution in [0.5, 0.6) is 0 Å². The molecule has 156 valence electrons. The molecule has 1 amide bonds. The maximum atomic E-state index is 13.3. The molecule has 0 aromatic heterocycles. The molecule has 2 aliphatic heterocycles. The van der Waals surface area contributed by atoms with E-state index < -0.39 is 31.9 Å². The van der Waals surface area contributed by atoms with Crippen molar-refractivity contribution in [3.63, 3.8) is 0 Å². The van der Waals surface area contributed by atoms with Gasteiger partial charge in [-0.1, -0.05) is 11.6 Å². The van der Waals surface area contributed by atoms with Crippen LogP contribution >= 0.6 is 11.6 Å². The summed E-state index contributed by atoms with van der Waals surface area (Å²) in [6, 6.07) is 4.50. The molecule has 0 spiro atoms. The fourth-order valence-electron chi connectivity index (χ4n) is 3.84. The molecule has 28 heavy (non-hydrogen) atoms. The number of sulfone groups is 1. The fourth-order valence-corrected chi connectivity index (χ4v) is 7.31. The van der Waals surface area contributed by atoms with Crippen molar-refractivity contribution < 1.29 is 21.6 Å². The number of benzene rings is 1. The Morgan fingerprint density at radius 1 is 1.18 bits per heavy atom. The molecule has 2 heterocycles. The molecule has 0 saturated carbocycles. The molecule has 2 atom stereocenters. The van der Waals surface area contributed by atoms with Crippen molar-refractivity contribution in [1.82, 2.24) is 14.3 Å². The summed E-state index contributed by atoms with van der Waals surface area (Å²) in [5, 5.41) is 3.39. The maximum absolute atomic E-state index is 13.3. The summed E-state index contributed by atoms with van der Waals surface area (Å²) in [6.45, 7) is 0.242. The predicted octanol–water partition coefficient (Wildman–Crippen LogP) is 0.985. The van der Waals surface area contributed by atoms with Crippen LogP contribution in [0.1, 0.15) is 19.3 Å². The van der Waals surface area contributed by atoms with Crippen molar-refractivity contribution >= 4 is 37.4 Å². The lowest BCUT2D eigenvalue weighted by Crippen LogP contribution is -2.56. The first kappa shape index (κ1) is 21.5. The Bertz CT molecular complexity index is 948. The van der Waals surface area contributed by atoms with Gasteiger partial charge in [-0.3, -0.25) is 9.80 Å². The Hall–Kier alpha value is -1.20. The Balaban J connectivity index is 1.88. The van der Waals surface area contributed by atoms with Crippen molar-refractivity contribution in [2.24, 2.45) is 0 Å². The number of halogens is 1. The molecule has 3 rings (SSSR count). The molecular weight excluding hydrogens is 426 g/mol. The monoisotopic (exact) mass is 449 g/mol. The lowest BCUT2D eigenvalue weighted by molar-refractivity contribution is -0.152. The van der Waals surface area contributed by atoms with Gasteiger partial charge in [-0.25, -0.2) is 21.8 Å². The molecule has 1 aromatic rings. The van der Waals surface area contributed by atoms with Gasteiger partial charge in [0, 0.05) is 25.7 Å². The topological polar surface area (TPSA) is 95.1 Å². The second kappa shape index (κ2) is 7.91. The van der Waals surface area contributed by atoms with E-state index in [0.717, 1.165) is 0 Å². The van der Waals surface area contributed by atoms with Crippen molar-refractivity contribution in [3.05, 3.63) is 29.3 Å². The van der Waals surface area contributed by atoms with E-state index >= 15 is 0 Å². The van der Waals surface area contributed by atoms with Crippen molar-refractivity contribution in [3.8, 4) is 0 Å². The van der Waals surface area contributed by atoms with Crippen LogP contribution in [0.3, 0.4) is 0 Å². The van der Waals surface area contributed by atoms with Crippen LogP contribution in [0.2, 0.25) is 5.02 Å². The van der Waals surface area contributed by atoms with E-state index in [4.69, 9.17) is 11.6 Å². The van der Waals surface area contributed by atoms with E-state index in [1.807, 2.05) is 0 Å². The molecule has 0 bridgehead atoms. The van der Waals surface area contributed by atoms with Gasteiger partial charge in [-0.15, -0.1) is 0 Å². The summed E-state index contributed by atoms with van der Waals surface area (Å²) < 4.78 is 51.1.